The molecule has 0 saturated carbocycles. The highest BCUT2D eigenvalue weighted by Crippen LogP contribution is 2.45. The molecule has 8 heteroatoms. The summed E-state index contributed by atoms with van der Waals surface area (Å²) in [6.07, 6.45) is 8.63. The van der Waals surface area contributed by atoms with Crippen molar-refractivity contribution in [1.82, 2.24) is 4.90 Å². The fraction of sp³-hybridized carbons (Fsp3) is 0.370. The van der Waals surface area contributed by atoms with Gasteiger partial charge in [0, 0.05) is 44.2 Å². The van der Waals surface area contributed by atoms with Crippen molar-refractivity contribution in [1.29, 1.82) is 0 Å². The Morgan fingerprint density at radius 2 is 1.83 bits per heavy atom. The molecule has 182 valence electrons. The van der Waals surface area contributed by atoms with Crippen LogP contribution in [0.1, 0.15) is 52.3 Å². The number of hydrogen-bond acceptors (Lipinski definition) is 3. The summed E-state index contributed by atoms with van der Waals surface area (Å²) < 4.78 is 4.25. The molecule has 0 spiro atoms. The van der Waals surface area contributed by atoms with Gasteiger partial charge in [0.15, 0.2) is 0 Å². The van der Waals surface area contributed by atoms with Gasteiger partial charge in [-0.05, 0) is 89.3 Å². The van der Waals surface area contributed by atoms with Crippen LogP contribution in [0.4, 0.5) is 0 Å². The maximum atomic E-state index is 13.0. The molecule has 1 aliphatic heterocycles. The second-order valence-electron chi connectivity index (χ2n) is 9.70. The van der Waals surface area contributed by atoms with Crippen molar-refractivity contribution in [3.05, 3.63) is 91.4 Å². The molecule has 5 rings (SSSR count). The molecule has 3 aromatic rings. The van der Waals surface area contributed by atoms with Crippen molar-refractivity contribution < 1.29 is 24.7 Å². The fourth-order valence-electron chi connectivity index (χ4n) is 5.78. The van der Waals surface area contributed by atoms with Gasteiger partial charge in [0.25, 0.3) is 0 Å². The monoisotopic (exact) mass is 601 g/mol. The summed E-state index contributed by atoms with van der Waals surface area (Å²) in [6, 6.07) is 10.2. The van der Waals surface area contributed by atoms with Gasteiger partial charge in [0.05, 0.1) is 16.8 Å². The predicted molar refractivity (Wildman–Crippen MR) is 136 cm³/mol. The summed E-state index contributed by atoms with van der Waals surface area (Å²) in [5, 5.41) is 20.7. The van der Waals surface area contributed by atoms with Gasteiger partial charge in [-0.25, -0.2) is 0 Å². The van der Waals surface area contributed by atoms with Crippen LogP contribution in [0.2, 0.25) is 0 Å². The molecule has 6 nitrogen and oxygen atoms in total. The summed E-state index contributed by atoms with van der Waals surface area (Å²) >= 11 is 7.40. The van der Waals surface area contributed by atoms with Crippen molar-refractivity contribution in [2.75, 3.05) is 13.1 Å². The Kier molecular flexibility index (Phi) is 6.86. The Morgan fingerprint density at radius 1 is 1.09 bits per heavy atom. The molecular weight excluding hydrogens is 574 g/mol. The van der Waals surface area contributed by atoms with Crippen LogP contribution in [0.25, 0.3) is 0 Å². The lowest BCUT2D eigenvalue weighted by atomic mass is 9.76. The molecule has 3 heterocycles. The SMILES string of the molecule is Cc1cc(Br)c2c(c1)CCc1cc(Br)c[n+](O)c1C2C1CCN(C(=O)Cc2ccc[n+](O)c2)CC1. The highest BCUT2D eigenvalue weighted by atomic mass is 79.9. The first-order valence-corrected chi connectivity index (χ1v) is 13.6. The summed E-state index contributed by atoms with van der Waals surface area (Å²) in [5.74, 6) is 0.411. The van der Waals surface area contributed by atoms with Crippen LogP contribution in [0.15, 0.2) is 57.9 Å². The lowest BCUT2D eigenvalue weighted by molar-refractivity contribution is -0.911. The van der Waals surface area contributed by atoms with Crippen LogP contribution in [0.5, 0.6) is 0 Å². The van der Waals surface area contributed by atoms with Crippen molar-refractivity contribution in [2.24, 2.45) is 5.92 Å². The van der Waals surface area contributed by atoms with E-state index < -0.39 is 0 Å². The average molecular weight is 603 g/mol. The van der Waals surface area contributed by atoms with Crippen LogP contribution in [-0.4, -0.2) is 34.3 Å². The Bertz CT molecular complexity index is 1230. The minimum atomic E-state index is 0.0373. The van der Waals surface area contributed by atoms with Crippen molar-refractivity contribution in [2.45, 2.75) is 44.9 Å². The van der Waals surface area contributed by atoms with Gasteiger partial charge in [-0.3, -0.25) is 15.2 Å². The molecule has 1 unspecified atom stereocenters. The molecule has 1 amide bonds. The minimum absolute atomic E-state index is 0.0373. The van der Waals surface area contributed by atoms with E-state index in [0.29, 0.717) is 19.0 Å². The first kappa shape index (κ1) is 24.3. The summed E-state index contributed by atoms with van der Waals surface area (Å²) in [5.41, 5.74) is 6.73. The van der Waals surface area contributed by atoms with Crippen LogP contribution in [0.3, 0.4) is 0 Å². The van der Waals surface area contributed by atoms with Gasteiger partial charge in [-0.15, -0.1) is 0 Å². The molecule has 1 saturated heterocycles. The van der Waals surface area contributed by atoms with E-state index in [1.807, 2.05) is 11.0 Å². The van der Waals surface area contributed by atoms with Crippen molar-refractivity contribution >= 4 is 37.8 Å². The number of piperidine rings is 1. The highest BCUT2D eigenvalue weighted by molar-refractivity contribution is 9.10. The van der Waals surface area contributed by atoms with Crippen molar-refractivity contribution in [3.63, 3.8) is 0 Å². The van der Waals surface area contributed by atoms with Crippen LogP contribution in [-0.2, 0) is 24.1 Å². The number of fused-ring (bicyclic) bond motifs is 2. The van der Waals surface area contributed by atoms with Crippen LogP contribution < -0.4 is 9.46 Å². The second kappa shape index (κ2) is 9.90. The third-order valence-electron chi connectivity index (χ3n) is 7.33. The zero-order chi connectivity index (χ0) is 24.7. The lowest BCUT2D eigenvalue weighted by Crippen LogP contribution is -2.44. The number of pyridine rings is 2. The first-order valence-electron chi connectivity index (χ1n) is 12.0. The quantitative estimate of drug-likeness (QED) is 0.347. The molecule has 1 aromatic carbocycles. The number of aryl methyl sites for hydroxylation is 3. The van der Waals surface area contributed by atoms with Gasteiger partial charge in [0.2, 0.25) is 30.2 Å². The van der Waals surface area contributed by atoms with E-state index in [2.05, 4.69) is 57.0 Å². The molecule has 1 aliphatic carbocycles. The maximum absolute atomic E-state index is 13.0. The average Bonchev–Trinajstić information content (AvgIpc) is 2.96. The summed E-state index contributed by atoms with van der Waals surface area (Å²) in [4.78, 5) is 14.9. The molecule has 1 fully saturated rings. The Hall–Kier alpha value is -2.45. The smallest absolute Gasteiger partial charge is 0.245 e. The van der Waals surface area contributed by atoms with E-state index in [9.17, 15) is 15.2 Å². The third kappa shape index (κ3) is 4.96. The summed E-state index contributed by atoms with van der Waals surface area (Å²) in [7, 11) is 0. The van der Waals surface area contributed by atoms with E-state index >= 15 is 0 Å². The number of amides is 1. The highest BCUT2D eigenvalue weighted by Gasteiger charge is 2.41. The number of rotatable bonds is 3. The number of halogens is 2. The number of aromatic nitrogens is 2. The van der Waals surface area contributed by atoms with Gasteiger partial charge < -0.3 is 4.90 Å². The van der Waals surface area contributed by atoms with Crippen LogP contribution >= 0.6 is 31.9 Å². The Balaban J connectivity index is 1.43. The zero-order valence-corrected chi connectivity index (χ0v) is 22.8. The van der Waals surface area contributed by atoms with E-state index in [4.69, 9.17) is 0 Å². The largest absolute Gasteiger partial charge is 0.342 e. The molecule has 2 N–H and O–H groups in total. The maximum Gasteiger partial charge on any atom is 0.245 e. The van der Waals surface area contributed by atoms with E-state index in [1.54, 1.807) is 18.5 Å². The van der Waals surface area contributed by atoms with E-state index in [0.717, 1.165) is 56.2 Å². The number of hydrogen-bond donors (Lipinski definition) is 2. The van der Waals surface area contributed by atoms with E-state index in [-0.39, 0.29) is 18.2 Å². The predicted octanol–water partition coefficient (Wildman–Crippen LogP) is 4.28. The second-order valence-corrected chi connectivity index (χ2v) is 11.5. The summed E-state index contributed by atoms with van der Waals surface area (Å²) in [6.45, 7) is 3.49. The number of benzene rings is 1. The standard InChI is InChI=1S/C27H29Br2N3O3/c1-17-11-20-4-5-21-14-22(28)16-32(35)27(21)26(25(20)23(29)12-17)19-6-9-30(10-7-19)24(33)13-18-3-2-8-31(34)15-18/h2-3,8,11-12,14-16,19,26,34-35H,4-7,9-10,13H2,1H3/q+2. The molecule has 35 heavy (non-hydrogen) atoms. The van der Waals surface area contributed by atoms with Crippen molar-refractivity contribution in [3.8, 4) is 0 Å². The topological polar surface area (TPSA) is 68.5 Å². The third-order valence-corrected chi connectivity index (χ3v) is 8.42. The first-order chi connectivity index (χ1) is 16.8. The lowest BCUT2D eigenvalue weighted by Gasteiger charge is -2.36. The van der Waals surface area contributed by atoms with Gasteiger partial charge >= 0.3 is 0 Å². The number of carbonyl (C=O) groups excluding carboxylic acids is 1. The normalized spacial score (nSPS) is 18.0. The Morgan fingerprint density at radius 3 is 2.57 bits per heavy atom. The molecule has 2 aliphatic rings. The van der Waals surface area contributed by atoms with Gasteiger partial charge in [-0.1, -0.05) is 22.0 Å². The molecule has 1 atom stereocenters. The fourth-order valence-corrected chi connectivity index (χ4v) is 7.12. The minimum Gasteiger partial charge on any atom is -0.342 e. The van der Waals surface area contributed by atoms with Gasteiger partial charge in [-0.2, -0.15) is 0 Å². The molecule has 2 aromatic heterocycles. The van der Waals surface area contributed by atoms with Gasteiger partial charge in [0.1, 0.15) is 0 Å². The zero-order valence-electron chi connectivity index (χ0n) is 19.6. The Labute approximate surface area is 222 Å². The number of likely N-dealkylation sites (tertiary alicyclic amines) is 1. The molecule has 0 bridgehead atoms. The number of nitrogens with zero attached hydrogens (tertiary/aromatic N) is 3. The van der Waals surface area contributed by atoms with E-state index in [1.165, 1.54) is 27.6 Å². The molecule has 0 radical (unpaired) electrons. The number of carbonyl (C=O) groups is 1. The molecular formula is C27H29Br2N3O3+2. The van der Waals surface area contributed by atoms with Crippen LogP contribution in [0, 0.1) is 12.8 Å².